The van der Waals surface area contributed by atoms with Crippen molar-refractivity contribution in [1.29, 1.82) is 0 Å². The summed E-state index contributed by atoms with van der Waals surface area (Å²) in [4.78, 5) is 19.0. The van der Waals surface area contributed by atoms with Crippen LogP contribution in [0.2, 0.25) is 0 Å². The first-order valence-electron chi connectivity index (χ1n) is 10.7. The van der Waals surface area contributed by atoms with Gasteiger partial charge in [0.15, 0.2) is 4.80 Å². The lowest BCUT2D eigenvalue weighted by atomic mass is 9.87. The van der Waals surface area contributed by atoms with Gasteiger partial charge in [-0.2, -0.15) is 4.99 Å². The molecule has 160 valence electrons. The maximum atomic E-state index is 13.6. The maximum absolute atomic E-state index is 13.6. The van der Waals surface area contributed by atoms with Gasteiger partial charge in [-0.1, -0.05) is 73.7 Å². The van der Waals surface area contributed by atoms with Crippen molar-refractivity contribution >= 4 is 27.5 Å². The molecule has 2 heterocycles. The Balaban J connectivity index is 1.67. The van der Waals surface area contributed by atoms with Crippen molar-refractivity contribution in [2.75, 3.05) is 0 Å². The second kappa shape index (κ2) is 8.24. The number of amides is 1. The van der Waals surface area contributed by atoms with E-state index in [9.17, 15) is 4.79 Å². The van der Waals surface area contributed by atoms with Gasteiger partial charge < -0.3 is 9.30 Å². The minimum absolute atomic E-state index is 0.193. The molecule has 4 aromatic rings. The first kappa shape index (κ1) is 20.5. The molecule has 4 nitrogen and oxygen atoms in total. The number of nitrogens with zero attached hydrogens (tertiary/aromatic N) is 2. The van der Waals surface area contributed by atoms with Gasteiger partial charge >= 0.3 is 0 Å². The number of carbonyl (C=O) groups is 1. The highest BCUT2D eigenvalue weighted by atomic mass is 32.1. The van der Waals surface area contributed by atoms with Crippen LogP contribution in [0.3, 0.4) is 0 Å². The fourth-order valence-corrected chi connectivity index (χ4v) is 5.27. The highest BCUT2D eigenvalue weighted by Gasteiger charge is 2.32. The predicted molar refractivity (Wildman–Crippen MR) is 129 cm³/mol. The van der Waals surface area contributed by atoms with Crippen molar-refractivity contribution < 1.29 is 9.53 Å². The van der Waals surface area contributed by atoms with E-state index in [1.165, 1.54) is 5.56 Å². The molecule has 0 spiro atoms. The summed E-state index contributed by atoms with van der Waals surface area (Å²) in [6.45, 7) is 8.85. The number of carbonyl (C=O) groups excluding carboxylic acids is 1. The first-order valence-corrected chi connectivity index (χ1v) is 11.6. The lowest BCUT2D eigenvalue weighted by Crippen LogP contribution is -2.22. The number of hydrogen-bond donors (Lipinski definition) is 0. The third kappa shape index (κ3) is 3.49. The normalized spacial score (nSPS) is 13.7. The van der Waals surface area contributed by atoms with Gasteiger partial charge in [0, 0.05) is 17.7 Å². The minimum atomic E-state index is -0.496. The molecule has 5 heteroatoms. The zero-order valence-corrected chi connectivity index (χ0v) is 18.9. The van der Waals surface area contributed by atoms with E-state index in [1.54, 1.807) is 11.3 Å². The van der Waals surface area contributed by atoms with Crippen LogP contribution in [0.25, 0.3) is 10.2 Å². The van der Waals surface area contributed by atoms with Crippen LogP contribution in [0.5, 0.6) is 11.5 Å². The first-order chi connectivity index (χ1) is 15.6. The maximum Gasteiger partial charge on any atom is 0.260 e. The van der Waals surface area contributed by atoms with Gasteiger partial charge in [-0.15, -0.1) is 6.58 Å². The predicted octanol–water partition coefficient (Wildman–Crippen LogP) is 6.38. The van der Waals surface area contributed by atoms with E-state index >= 15 is 0 Å². The Labute approximate surface area is 191 Å². The zero-order valence-electron chi connectivity index (χ0n) is 18.1. The van der Waals surface area contributed by atoms with Crippen molar-refractivity contribution in [1.82, 2.24) is 4.57 Å². The summed E-state index contributed by atoms with van der Waals surface area (Å²) in [6.07, 6.45) is 1.84. The Morgan fingerprint density at radius 1 is 1.09 bits per heavy atom. The van der Waals surface area contributed by atoms with Gasteiger partial charge in [0.1, 0.15) is 11.5 Å². The largest absolute Gasteiger partial charge is 0.457 e. The van der Waals surface area contributed by atoms with Gasteiger partial charge in [-0.25, -0.2) is 0 Å². The number of ether oxygens (including phenoxy) is 1. The summed E-state index contributed by atoms with van der Waals surface area (Å²) in [5.41, 5.74) is 4.03. The lowest BCUT2D eigenvalue weighted by Gasteiger charge is -2.25. The summed E-state index contributed by atoms with van der Waals surface area (Å²) in [5, 5.41) is 0. The summed E-state index contributed by atoms with van der Waals surface area (Å²) in [5.74, 6) is 1.16. The van der Waals surface area contributed by atoms with Crippen LogP contribution in [0.15, 0.2) is 84.4 Å². The Kier molecular flexibility index (Phi) is 5.27. The number of aromatic nitrogens is 1. The van der Waals surface area contributed by atoms with Gasteiger partial charge in [0.05, 0.1) is 16.1 Å². The van der Waals surface area contributed by atoms with Crippen LogP contribution >= 0.6 is 11.3 Å². The van der Waals surface area contributed by atoms with Crippen LogP contribution in [0, 0.1) is 0 Å². The Morgan fingerprint density at radius 3 is 2.38 bits per heavy atom. The molecule has 1 amide bonds. The fraction of sp³-hybridized carbons (Fsp3) is 0.185. The molecule has 1 aliphatic heterocycles. The van der Waals surface area contributed by atoms with Crippen molar-refractivity contribution in [3.63, 3.8) is 0 Å². The summed E-state index contributed by atoms with van der Waals surface area (Å²) in [6, 6.07) is 21.9. The molecule has 0 unspecified atom stereocenters. The summed E-state index contributed by atoms with van der Waals surface area (Å²) >= 11 is 1.55. The molecule has 5 rings (SSSR count). The standard InChI is InChI=1S/C27H24N2O2S/c1-4-15-29-21-14-13-18(17(2)3)16-24(21)32-27(29)28-26(30)25-19-9-5-7-11-22(19)31-23-12-8-6-10-20(23)25/h4-14,16-17,25H,1,15H2,2-3H3. The molecule has 0 bridgehead atoms. The monoisotopic (exact) mass is 440 g/mol. The highest BCUT2D eigenvalue weighted by molar-refractivity contribution is 7.16. The van der Waals surface area contributed by atoms with Crippen molar-refractivity contribution in [2.24, 2.45) is 4.99 Å². The second-order valence-corrected chi connectivity index (χ2v) is 9.24. The Bertz CT molecular complexity index is 1370. The number of fused-ring (bicyclic) bond motifs is 3. The Hall–Kier alpha value is -3.44. The Morgan fingerprint density at radius 2 is 1.75 bits per heavy atom. The van der Waals surface area contributed by atoms with Crippen LogP contribution in [-0.4, -0.2) is 10.5 Å². The third-order valence-corrected chi connectivity index (χ3v) is 6.86. The van der Waals surface area contributed by atoms with Gasteiger partial charge in [0.2, 0.25) is 0 Å². The lowest BCUT2D eigenvalue weighted by molar-refractivity contribution is -0.118. The van der Waals surface area contributed by atoms with E-state index in [1.807, 2.05) is 54.6 Å². The number of thiazole rings is 1. The molecule has 32 heavy (non-hydrogen) atoms. The number of hydrogen-bond acceptors (Lipinski definition) is 3. The summed E-state index contributed by atoms with van der Waals surface area (Å²) < 4.78 is 9.23. The SMILES string of the molecule is C=CCn1c(=NC(=O)C2c3ccccc3Oc3ccccc32)sc2cc(C(C)C)ccc21. The van der Waals surface area contributed by atoms with E-state index in [4.69, 9.17) is 4.74 Å². The number of benzene rings is 3. The van der Waals surface area contributed by atoms with E-state index in [0.717, 1.165) is 21.3 Å². The highest BCUT2D eigenvalue weighted by Crippen LogP contribution is 2.44. The third-order valence-electron chi connectivity index (χ3n) is 5.82. The molecule has 0 radical (unpaired) electrons. The van der Waals surface area contributed by atoms with Crippen LogP contribution < -0.4 is 9.54 Å². The van der Waals surface area contributed by atoms with Gasteiger partial charge in [-0.3, -0.25) is 4.79 Å². The number of rotatable bonds is 4. The molecular formula is C27H24N2O2S. The molecule has 0 fully saturated rings. The quantitative estimate of drug-likeness (QED) is 0.346. The number of para-hydroxylation sites is 2. The second-order valence-electron chi connectivity index (χ2n) is 8.23. The van der Waals surface area contributed by atoms with E-state index < -0.39 is 5.92 Å². The molecule has 1 aliphatic rings. The molecule has 0 saturated carbocycles. The van der Waals surface area contributed by atoms with Crippen LogP contribution in [0.4, 0.5) is 0 Å². The van der Waals surface area contributed by atoms with Gasteiger partial charge in [0.25, 0.3) is 5.91 Å². The average Bonchev–Trinajstić information content (AvgIpc) is 3.13. The van der Waals surface area contributed by atoms with Crippen LogP contribution in [-0.2, 0) is 11.3 Å². The topological polar surface area (TPSA) is 43.6 Å². The van der Waals surface area contributed by atoms with Gasteiger partial charge in [-0.05, 0) is 35.7 Å². The smallest absolute Gasteiger partial charge is 0.260 e. The van der Waals surface area contributed by atoms with Crippen molar-refractivity contribution in [3.05, 3.63) is 101 Å². The molecule has 1 aromatic heterocycles. The van der Waals surface area contributed by atoms with Crippen molar-refractivity contribution in [2.45, 2.75) is 32.2 Å². The summed E-state index contributed by atoms with van der Waals surface area (Å²) in [7, 11) is 0. The molecule has 0 atom stereocenters. The van der Waals surface area contributed by atoms with E-state index in [-0.39, 0.29) is 5.91 Å². The zero-order chi connectivity index (χ0) is 22.2. The van der Waals surface area contributed by atoms with Crippen molar-refractivity contribution in [3.8, 4) is 11.5 Å². The molecule has 0 N–H and O–H groups in total. The molecule has 0 aliphatic carbocycles. The molecule has 3 aromatic carbocycles. The molecule has 0 saturated heterocycles. The average molecular weight is 441 g/mol. The fourth-order valence-electron chi connectivity index (χ4n) is 4.17. The molecular weight excluding hydrogens is 416 g/mol. The number of allylic oxidation sites excluding steroid dienone is 1. The minimum Gasteiger partial charge on any atom is -0.457 e. The van der Waals surface area contributed by atoms with E-state index in [2.05, 4.69) is 48.2 Å². The van der Waals surface area contributed by atoms with Crippen LogP contribution in [0.1, 0.15) is 42.4 Å². The van der Waals surface area contributed by atoms with E-state index in [0.29, 0.717) is 28.8 Å².